The smallest absolute Gasteiger partial charge is 0.224 e. The van der Waals surface area contributed by atoms with Crippen molar-refractivity contribution in [3.63, 3.8) is 0 Å². The number of halogens is 1. The summed E-state index contributed by atoms with van der Waals surface area (Å²) in [6.45, 7) is 0.505. The van der Waals surface area contributed by atoms with E-state index in [1.807, 2.05) is 17.5 Å². The first kappa shape index (κ1) is 11.8. The number of thiophene rings is 1. The van der Waals surface area contributed by atoms with Crippen LogP contribution in [0.5, 0.6) is 0 Å². The van der Waals surface area contributed by atoms with Gasteiger partial charge in [0.15, 0.2) is 0 Å². The first-order valence-corrected chi connectivity index (χ1v) is 6.16. The third-order valence-electron chi connectivity index (χ3n) is 2.35. The van der Waals surface area contributed by atoms with E-state index in [1.165, 1.54) is 6.07 Å². The number of hydrogen-bond donors (Lipinski definition) is 1. The molecular weight excluding hydrogens is 237 g/mol. The molecule has 0 aliphatic rings. The molecule has 1 heterocycles. The van der Waals surface area contributed by atoms with Crippen LogP contribution in [0.15, 0.2) is 41.8 Å². The van der Waals surface area contributed by atoms with Gasteiger partial charge in [-0.25, -0.2) is 4.39 Å². The maximum atomic E-state index is 13.3. The van der Waals surface area contributed by atoms with Gasteiger partial charge in [0.05, 0.1) is 13.0 Å². The number of carbonyl (C=O) groups excluding carboxylic acids is 1. The summed E-state index contributed by atoms with van der Waals surface area (Å²) in [6.07, 6.45) is 0.0814. The minimum absolute atomic E-state index is 0.0814. The van der Waals surface area contributed by atoms with Crippen molar-refractivity contribution in [1.82, 2.24) is 5.32 Å². The third kappa shape index (κ3) is 3.39. The van der Waals surface area contributed by atoms with Crippen LogP contribution in [-0.2, 0) is 17.8 Å². The van der Waals surface area contributed by atoms with Crippen LogP contribution in [-0.4, -0.2) is 5.91 Å². The normalized spacial score (nSPS) is 10.2. The van der Waals surface area contributed by atoms with Crippen molar-refractivity contribution in [1.29, 1.82) is 0 Å². The van der Waals surface area contributed by atoms with Gasteiger partial charge in [-0.1, -0.05) is 24.3 Å². The Balaban J connectivity index is 1.87. The highest BCUT2D eigenvalue weighted by Crippen LogP contribution is 2.09. The Morgan fingerprint density at radius 3 is 2.76 bits per heavy atom. The van der Waals surface area contributed by atoms with Crippen molar-refractivity contribution in [3.8, 4) is 0 Å². The van der Waals surface area contributed by atoms with Crippen LogP contribution in [0, 0.1) is 5.82 Å². The molecule has 0 bridgehead atoms. The van der Waals surface area contributed by atoms with Gasteiger partial charge in [0, 0.05) is 4.88 Å². The lowest BCUT2D eigenvalue weighted by Gasteiger charge is -2.04. The number of rotatable bonds is 4. The minimum Gasteiger partial charge on any atom is -0.351 e. The zero-order valence-corrected chi connectivity index (χ0v) is 9.97. The second kappa shape index (κ2) is 5.59. The van der Waals surface area contributed by atoms with E-state index in [-0.39, 0.29) is 18.1 Å². The van der Waals surface area contributed by atoms with Gasteiger partial charge in [-0.15, -0.1) is 11.3 Å². The van der Waals surface area contributed by atoms with Crippen LogP contribution < -0.4 is 5.32 Å². The summed E-state index contributed by atoms with van der Waals surface area (Å²) in [6, 6.07) is 10.2. The lowest BCUT2D eigenvalue weighted by molar-refractivity contribution is -0.120. The van der Waals surface area contributed by atoms with E-state index >= 15 is 0 Å². The second-order valence-electron chi connectivity index (χ2n) is 3.62. The molecule has 0 saturated heterocycles. The molecule has 0 unspecified atom stereocenters. The molecule has 1 amide bonds. The molecule has 0 aliphatic heterocycles. The molecule has 4 heteroatoms. The molecule has 88 valence electrons. The molecule has 0 saturated carbocycles. The fourth-order valence-electron chi connectivity index (χ4n) is 1.48. The van der Waals surface area contributed by atoms with Gasteiger partial charge < -0.3 is 5.32 Å². The highest BCUT2D eigenvalue weighted by Gasteiger charge is 2.07. The van der Waals surface area contributed by atoms with Gasteiger partial charge >= 0.3 is 0 Å². The lowest BCUT2D eigenvalue weighted by atomic mass is 10.1. The van der Waals surface area contributed by atoms with Crippen molar-refractivity contribution in [3.05, 3.63) is 58.0 Å². The van der Waals surface area contributed by atoms with Crippen molar-refractivity contribution in [2.75, 3.05) is 0 Å². The first-order valence-electron chi connectivity index (χ1n) is 5.28. The molecule has 1 N–H and O–H groups in total. The molecule has 0 aliphatic carbocycles. The van der Waals surface area contributed by atoms with E-state index in [9.17, 15) is 9.18 Å². The Morgan fingerprint density at radius 2 is 2.06 bits per heavy atom. The van der Waals surface area contributed by atoms with Crippen LogP contribution in [0.1, 0.15) is 10.4 Å². The van der Waals surface area contributed by atoms with Crippen molar-refractivity contribution < 1.29 is 9.18 Å². The van der Waals surface area contributed by atoms with E-state index in [1.54, 1.807) is 29.5 Å². The van der Waals surface area contributed by atoms with Crippen molar-refractivity contribution in [2.24, 2.45) is 0 Å². The maximum absolute atomic E-state index is 13.3. The zero-order chi connectivity index (χ0) is 12.1. The van der Waals surface area contributed by atoms with Crippen molar-refractivity contribution in [2.45, 2.75) is 13.0 Å². The summed E-state index contributed by atoms with van der Waals surface area (Å²) in [7, 11) is 0. The molecule has 0 fully saturated rings. The predicted octanol–water partition coefficient (Wildman–Crippen LogP) is 2.75. The van der Waals surface area contributed by atoms with Gasteiger partial charge in [-0.05, 0) is 23.1 Å². The standard InChI is InChI=1S/C13H12FNOS/c14-12-6-2-1-4-10(12)8-13(16)15-9-11-5-3-7-17-11/h1-7H,8-9H2,(H,15,16). The van der Waals surface area contributed by atoms with Crippen molar-refractivity contribution >= 4 is 17.2 Å². The van der Waals surface area contributed by atoms with Crippen LogP contribution in [0.4, 0.5) is 4.39 Å². The molecule has 2 rings (SSSR count). The molecule has 17 heavy (non-hydrogen) atoms. The van der Waals surface area contributed by atoms with Gasteiger partial charge in [-0.3, -0.25) is 4.79 Å². The lowest BCUT2D eigenvalue weighted by Crippen LogP contribution is -2.24. The van der Waals surface area contributed by atoms with Gasteiger partial charge in [-0.2, -0.15) is 0 Å². The Bertz CT molecular complexity index is 496. The molecule has 0 radical (unpaired) electrons. The molecule has 0 spiro atoms. The van der Waals surface area contributed by atoms with E-state index in [0.29, 0.717) is 12.1 Å². The quantitative estimate of drug-likeness (QED) is 0.887. The summed E-state index contributed by atoms with van der Waals surface area (Å²) in [4.78, 5) is 12.7. The van der Waals surface area contributed by atoms with E-state index in [0.717, 1.165) is 4.88 Å². The Morgan fingerprint density at radius 1 is 1.24 bits per heavy atom. The van der Waals surface area contributed by atoms with E-state index in [2.05, 4.69) is 5.32 Å². The zero-order valence-electron chi connectivity index (χ0n) is 9.15. The molecule has 2 aromatic rings. The van der Waals surface area contributed by atoms with E-state index in [4.69, 9.17) is 0 Å². The monoisotopic (exact) mass is 249 g/mol. The average molecular weight is 249 g/mol. The second-order valence-corrected chi connectivity index (χ2v) is 4.66. The van der Waals surface area contributed by atoms with E-state index < -0.39 is 0 Å². The third-order valence-corrected chi connectivity index (χ3v) is 3.23. The Hall–Kier alpha value is -1.68. The summed E-state index contributed by atoms with van der Waals surface area (Å²) in [5.41, 5.74) is 0.427. The summed E-state index contributed by atoms with van der Waals surface area (Å²) < 4.78 is 13.3. The molecule has 1 aromatic heterocycles. The fourth-order valence-corrected chi connectivity index (χ4v) is 2.12. The molecular formula is C13H12FNOS. The molecule has 1 aromatic carbocycles. The van der Waals surface area contributed by atoms with Crippen LogP contribution in [0.3, 0.4) is 0 Å². The molecule has 2 nitrogen and oxygen atoms in total. The number of hydrogen-bond acceptors (Lipinski definition) is 2. The van der Waals surface area contributed by atoms with Gasteiger partial charge in [0.2, 0.25) is 5.91 Å². The number of amides is 1. The average Bonchev–Trinajstić information content (AvgIpc) is 2.82. The van der Waals surface area contributed by atoms with Crippen LogP contribution in [0.25, 0.3) is 0 Å². The summed E-state index contributed by atoms with van der Waals surface area (Å²) >= 11 is 1.59. The minimum atomic E-state index is -0.334. The number of nitrogens with one attached hydrogen (secondary N) is 1. The van der Waals surface area contributed by atoms with Crippen LogP contribution >= 0.6 is 11.3 Å². The number of benzene rings is 1. The fraction of sp³-hybridized carbons (Fsp3) is 0.154. The SMILES string of the molecule is O=C(Cc1ccccc1F)NCc1cccs1. The highest BCUT2D eigenvalue weighted by atomic mass is 32.1. The Kier molecular flexibility index (Phi) is 3.88. The molecule has 0 atom stereocenters. The topological polar surface area (TPSA) is 29.1 Å². The van der Waals surface area contributed by atoms with Gasteiger partial charge in [0.1, 0.15) is 5.82 Å². The first-order chi connectivity index (χ1) is 8.25. The largest absolute Gasteiger partial charge is 0.351 e. The predicted molar refractivity (Wildman–Crippen MR) is 66.3 cm³/mol. The maximum Gasteiger partial charge on any atom is 0.224 e. The number of carbonyl (C=O) groups is 1. The highest BCUT2D eigenvalue weighted by molar-refractivity contribution is 7.09. The van der Waals surface area contributed by atoms with Gasteiger partial charge in [0.25, 0.3) is 0 Å². The summed E-state index contributed by atoms with van der Waals surface area (Å²) in [5.74, 6) is -0.498. The Labute approximate surface area is 103 Å². The summed E-state index contributed by atoms with van der Waals surface area (Å²) in [5, 5.41) is 4.72. The van der Waals surface area contributed by atoms with Crippen LogP contribution in [0.2, 0.25) is 0 Å².